The van der Waals surface area contributed by atoms with Crippen molar-refractivity contribution < 1.29 is 36.6 Å². The van der Waals surface area contributed by atoms with Crippen molar-refractivity contribution in [1.29, 1.82) is 0 Å². The number of benzene rings is 1. The van der Waals surface area contributed by atoms with Gasteiger partial charge in [0.15, 0.2) is 16.8 Å². The zero-order valence-corrected chi connectivity index (χ0v) is 24.2. The number of amides is 2. The van der Waals surface area contributed by atoms with E-state index in [9.17, 15) is 31.9 Å². The van der Waals surface area contributed by atoms with Crippen molar-refractivity contribution in [2.45, 2.75) is 43.6 Å². The Hall–Kier alpha value is -3.24. The molecule has 0 spiro atoms. The number of carboxylic acid groups (broad SMARTS) is 1. The summed E-state index contributed by atoms with van der Waals surface area (Å²) in [5.41, 5.74) is -0.567. The average Bonchev–Trinajstić information content (AvgIpc) is 2.88. The van der Waals surface area contributed by atoms with Gasteiger partial charge in [-0.2, -0.15) is 17.7 Å². The van der Waals surface area contributed by atoms with E-state index >= 15 is 0 Å². The van der Waals surface area contributed by atoms with Gasteiger partial charge in [-0.1, -0.05) is 23.9 Å². The Morgan fingerprint density at radius 3 is 2.45 bits per heavy atom. The highest BCUT2D eigenvalue weighted by Crippen LogP contribution is 2.26. The zero-order valence-electron chi connectivity index (χ0n) is 22.6. The van der Waals surface area contributed by atoms with E-state index in [-0.39, 0.29) is 73.2 Å². The molecular formula is C24H32F2N6O6S2. The van der Waals surface area contributed by atoms with Gasteiger partial charge in [0.2, 0.25) is 11.8 Å². The molecule has 2 heterocycles. The van der Waals surface area contributed by atoms with Gasteiger partial charge in [0, 0.05) is 62.1 Å². The molecule has 0 atom stereocenters. The topological polar surface area (TPSA) is 145 Å². The van der Waals surface area contributed by atoms with Crippen LogP contribution in [0.5, 0.6) is 5.88 Å². The van der Waals surface area contributed by atoms with E-state index in [1.165, 1.54) is 39.4 Å². The van der Waals surface area contributed by atoms with Crippen LogP contribution < -0.4 is 9.46 Å². The smallest absolute Gasteiger partial charge is 0.407 e. The van der Waals surface area contributed by atoms with Crippen LogP contribution in [0.15, 0.2) is 29.4 Å². The molecule has 16 heteroatoms. The Bertz CT molecular complexity index is 1330. The lowest BCUT2D eigenvalue weighted by atomic mass is 10.1. The molecule has 220 valence electrons. The van der Waals surface area contributed by atoms with Crippen LogP contribution in [0, 0.1) is 11.6 Å². The molecule has 2 amide bonds. The first kappa shape index (κ1) is 31.3. The van der Waals surface area contributed by atoms with Gasteiger partial charge in [-0.15, -0.1) is 0 Å². The predicted molar refractivity (Wildman–Crippen MR) is 144 cm³/mol. The first-order valence-corrected chi connectivity index (χ1v) is 14.7. The highest BCUT2D eigenvalue weighted by atomic mass is 32.2. The van der Waals surface area contributed by atoms with Crippen LogP contribution in [0.25, 0.3) is 0 Å². The molecule has 40 heavy (non-hydrogen) atoms. The van der Waals surface area contributed by atoms with Crippen molar-refractivity contribution in [3.63, 3.8) is 0 Å². The Morgan fingerprint density at radius 1 is 1.18 bits per heavy atom. The normalized spacial score (nSPS) is 14.6. The van der Waals surface area contributed by atoms with Crippen LogP contribution in [-0.4, -0.2) is 95.0 Å². The second-order valence-electron chi connectivity index (χ2n) is 9.82. The van der Waals surface area contributed by atoms with E-state index in [4.69, 9.17) is 4.74 Å². The van der Waals surface area contributed by atoms with Gasteiger partial charge in [-0.25, -0.2) is 18.6 Å². The van der Waals surface area contributed by atoms with Crippen molar-refractivity contribution in [2.75, 3.05) is 44.6 Å². The van der Waals surface area contributed by atoms with Gasteiger partial charge >= 0.3 is 16.3 Å². The molecule has 2 N–H and O–H groups in total. The summed E-state index contributed by atoms with van der Waals surface area (Å²) in [6.45, 7) is 5.55. The molecule has 1 aromatic carbocycles. The number of rotatable bonds is 10. The zero-order chi connectivity index (χ0) is 29.7. The molecule has 2 aromatic rings. The Labute approximate surface area is 235 Å². The lowest BCUT2D eigenvalue weighted by Gasteiger charge is -2.36. The SMILES string of the molecule is COc1cc(NS(=O)(=O)N2CCN(C(=O)CCN(C(=O)O)C(C)(C)C)CC2)nc(SCc2cccc(F)c2F)n1. The lowest BCUT2D eigenvalue weighted by Crippen LogP contribution is -2.52. The first-order chi connectivity index (χ1) is 18.7. The van der Waals surface area contributed by atoms with E-state index in [1.807, 2.05) is 0 Å². The average molecular weight is 603 g/mol. The van der Waals surface area contributed by atoms with E-state index in [1.54, 1.807) is 20.8 Å². The summed E-state index contributed by atoms with van der Waals surface area (Å²) in [5, 5.41) is 9.49. The fraction of sp³-hybridized carbons (Fsp3) is 0.500. The van der Waals surface area contributed by atoms with Crippen LogP contribution in [0.2, 0.25) is 0 Å². The monoisotopic (exact) mass is 602 g/mol. The molecule has 3 rings (SSSR count). The lowest BCUT2D eigenvalue weighted by molar-refractivity contribution is -0.132. The molecule has 0 aliphatic carbocycles. The van der Waals surface area contributed by atoms with E-state index in [0.29, 0.717) is 0 Å². The summed E-state index contributed by atoms with van der Waals surface area (Å²) in [6, 6.07) is 5.10. The maximum atomic E-state index is 14.0. The van der Waals surface area contributed by atoms with Gasteiger partial charge in [0.05, 0.1) is 7.11 Å². The number of nitrogens with one attached hydrogen (secondary N) is 1. The van der Waals surface area contributed by atoms with Crippen molar-refractivity contribution >= 4 is 39.8 Å². The summed E-state index contributed by atoms with van der Waals surface area (Å²) in [6.07, 6.45) is -1.14. The third-order valence-corrected chi connectivity index (χ3v) is 8.44. The summed E-state index contributed by atoms with van der Waals surface area (Å²) in [5.74, 6) is -2.24. The number of anilines is 1. The molecule has 1 aliphatic heterocycles. The molecule has 1 aromatic heterocycles. The highest BCUT2D eigenvalue weighted by Gasteiger charge is 2.31. The predicted octanol–water partition coefficient (Wildman–Crippen LogP) is 3.03. The number of ether oxygens (including phenoxy) is 1. The van der Waals surface area contributed by atoms with E-state index in [2.05, 4.69) is 14.7 Å². The molecule has 1 saturated heterocycles. The van der Waals surface area contributed by atoms with Crippen LogP contribution >= 0.6 is 11.8 Å². The minimum atomic E-state index is -4.07. The molecule has 0 unspecified atom stereocenters. The summed E-state index contributed by atoms with van der Waals surface area (Å²) in [4.78, 5) is 35.1. The number of carbonyl (C=O) groups excluding carboxylic acids is 1. The number of thioether (sulfide) groups is 1. The third kappa shape index (κ3) is 8.14. The molecule has 0 saturated carbocycles. The van der Waals surface area contributed by atoms with E-state index in [0.717, 1.165) is 17.8 Å². The van der Waals surface area contributed by atoms with Gasteiger partial charge in [-0.05, 0) is 26.8 Å². The molecular weight excluding hydrogens is 570 g/mol. The fourth-order valence-corrected chi connectivity index (χ4v) is 5.85. The minimum absolute atomic E-state index is 0.00107. The standard InChI is InChI=1S/C24H32F2N6O6S2/c1-24(2,3)32(23(34)35)9-8-20(33)30-10-12-31(13-11-30)40(36,37)29-18-14-19(38-4)28-22(27-18)39-15-16-6-5-7-17(25)21(16)26/h5-7,14H,8-13,15H2,1-4H3,(H,34,35)(H,27,28,29). The summed E-state index contributed by atoms with van der Waals surface area (Å²) < 4.78 is 62.3. The van der Waals surface area contributed by atoms with E-state index < -0.39 is 33.5 Å². The van der Waals surface area contributed by atoms with Gasteiger partial charge in [0.1, 0.15) is 5.82 Å². The second kappa shape index (κ2) is 13.0. The highest BCUT2D eigenvalue weighted by molar-refractivity contribution is 7.98. The summed E-state index contributed by atoms with van der Waals surface area (Å²) in [7, 11) is -2.73. The van der Waals surface area contributed by atoms with Crippen LogP contribution in [-0.2, 0) is 20.8 Å². The van der Waals surface area contributed by atoms with Gasteiger partial charge in [-0.3, -0.25) is 9.52 Å². The molecule has 1 aliphatic rings. The number of halogens is 2. The molecule has 1 fully saturated rings. The number of hydrogen-bond donors (Lipinski definition) is 2. The van der Waals surface area contributed by atoms with Crippen molar-refractivity contribution in [3.8, 4) is 5.88 Å². The Morgan fingerprint density at radius 2 is 1.85 bits per heavy atom. The number of carbonyl (C=O) groups is 2. The third-order valence-electron chi connectivity index (χ3n) is 6.03. The largest absolute Gasteiger partial charge is 0.481 e. The van der Waals surface area contributed by atoms with Crippen LogP contribution in [0.3, 0.4) is 0 Å². The van der Waals surface area contributed by atoms with Gasteiger partial charge in [0.25, 0.3) is 0 Å². The number of hydrogen-bond acceptors (Lipinski definition) is 8. The Balaban J connectivity index is 1.60. The van der Waals surface area contributed by atoms with Crippen LogP contribution in [0.4, 0.5) is 19.4 Å². The first-order valence-electron chi connectivity index (χ1n) is 12.3. The quantitative estimate of drug-likeness (QED) is 0.310. The molecule has 0 bridgehead atoms. The van der Waals surface area contributed by atoms with Crippen molar-refractivity contribution in [1.82, 2.24) is 24.1 Å². The fourth-order valence-electron chi connectivity index (χ4n) is 3.89. The van der Waals surface area contributed by atoms with Crippen LogP contribution in [0.1, 0.15) is 32.8 Å². The number of methoxy groups -OCH3 is 1. The van der Waals surface area contributed by atoms with Crippen molar-refractivity contribution in [2.24, 2.45) is 0 Å². The Kier molecular flexibility index (Phi) is 10.1. The maximum Gasteiger partial charge on any atom is 0.407 e. The number of piperazine rings is 1. The molecule has 0 radical (unpaired) electrons. The minimum Gasteiger partial charge on any atom is -0.481 e. The number of aromatic nitrogens is 2. The summed E-state index contributed by atoms with van der Waals surface area (Å²) >= 11 is 0.973. The van der Waals surface area contributed by atoms with Crippen molar-refractivity contribution in [3.05, 3.63) is 41.5 Å². The molecule has 12 nitrogen and oxygen atoms in total. The number of nitrogens with zero attached hydrogens (tertiary/aromatic N) is 5. The second-order valence-corrected chi connectivity index (χ2v) is 12.4. The maximum absolute atomic E-state index is 14.0. The van der Waals surface area contributed by atoms with Gasteiger partial charge < -0.3 is 19.6 Å².